The van der Waals surface area contributed by atoms with Crippen LogP contribution < -0.4 is 4.74 Å². The molecule has 2 atom stereocenters. The molecule has 0 saturated carbocycles. The van der Waals surface area contributed by atoms with Crippen LogP contribution in [0.4, 0.5) is 4.79 Å². The number of aliphatic hydroxyl groups is 1. The van der Waals surface area contributed by atoms with Crippen LogP contribution >= 0.6 is 11.6 Å². The third-order valence-corrected chi connectivity index (χ3v) is 6.58. The summed E-state index contributed by atoms with van der Waals surface area (Å²) in [5.41, 5.74) is 4.07. The van der Waals surface area contributed by atoms with Gasteiger partial charge in [-0.1, -0.05) is 23.7 Å². The van der Waals surface area contributed by atoms with E-state index in [2.05, 4.69) is 15.2 Å². The number of halogens is 1. The number of H-pyrrole nitrogens is 1. The third-order valence-electron chi connectivity index (χ3n) is 6.35. The van der Waals surface area contributed by atoms with E-state index in [1.54, 1.807) is 17.3 Å². The molecule has 4 aromatic rings. The first-order chi connectivity index (χ1) is 17.5. The van der Waals surface area contributed by atoms with Crippen LogP contribution in [0.2, 0.25) is 5.02 Å². The van der Waals surface area contributed by atoms with Gasteiger partial charge in [0.2, 0.25) is 0 Å². The van der Waals surface area contributed by atoms with E-state index in [1.165, 1.54) is 10.4 Å². The molecule has 2 aromatic carbocycles. The number of nitrogens with one attached hydrogen (secondary N) is 1. The van der Waals surface area contributed by atoms with E-state index in [4.69, 9.17) is 21.1 Å². The van der Waals surface area contributed by atoms with Crippen LogP contribution in [0.3, 0.4) is 0 Å². The number of ether oxygens (including phenoxy) is 2. The normalized spacial score (nSPS) is 16.1. The Bertz CT molecular complexity index is 1320. The van der Waals surface area contributed by atoms with Gasteiger partial charge >= 0.3 is 6.09 Å². The van der Waals surface area contributed by atoms with Crippen molar-refractivity contribution < 1.29 is 19.4 Å². The van der Waals surface area contributed by atoms with Crippen molar-refractivity contribution >= 4 is 28.6 Å². The highest BCUT2D eigenvalue weighted by Gasteiger charge is 2.35. The van der Waals surface area contributed by atoms with E-state index in [0.29, 0.717) is 49.9 Å². The Balaban J connectivity index is 1.34. The van der Waals surface area contributed by atoms with Gasteiger partial charge in [0.1, 0.15) is 11.8 Å². The summed E-state index contributed by atoms with van der Waals surface area (Å²) < 4.78 is 11.2. The highest BCUT2D eigenvalue weighted by molar-refractivity contribution is 6.31. The number of amides is 1. The lowest BCUT2D eigenvalue weighted by atomic mass is 9.92. The molecule has 9 nitrogen and oxygen atoms in total. The Morgan fingerprint density at radius 2 is 2.00 bits per heavy atom. The number of rotatable bonds is 8. The summed E-state index contributed by atoms with van der Waals surface area (Å²) in [6.07, 6.45) is 3.37. The van der Waals surface area contributed by atoms with Crippen molar-refractivity contribution in [1.82, 2.24) is 24.9 Å². The lowest BCUT2D eigenvalue weighted by Crippen LogP contribution is -2.40. The zero-order chi connectivity index (χ0) is 25.1. The summed E-state index contributed by atoms with van der Waals surface area (Å²) in [7, 11) is 0. The van der Waals surface area contributed by atoms with E-state index in [-0.39, 0.29) is 12.1 Å². The Hall–Kier alpha value is -3.56. The van der Waals surface area contributed by atoms with Crippen molar-refractivity contribution in [3.8, 4) is 5.75 Å². The molecular weight excluding hydrogens is 482 g/mol. The minimum Gasteiger partial charge on any atom is -0.493 e. The maximum absolute atomic E-state index is 12.9. The number of aromatic nitrogens is 4. The largest absolute Gasteiger partial charge is 0.493 e. The average molecular weight is 510 g/mol. The first kappa shape index (κ1) is 24.1. The topological polar surface area (TPSA) is 106 Å². The van der Waals surface area contributed by atoms with Crippen molar-refractivity contribution in [1.29, 1.82) is 0 Å². The van der Waals surface area contributed by atoms with Gasteiger partial charge in [0.25, 0.3) is 0 Å². The Morgan fingerprint density at radius 1 is 1.22 bits per heavy atom. The molecule has 2 aromatic heterocycles. The monoisotopic (exact) mass is 509 g/mol. The summed E-state index contributed by atoms with van der Waals surface area (Å²) in [5.74, 6) is 0.685. The van der Waals surface area contributed by atoms with E-state index in [9.17, 15) is 9.90 Å². The molecule has 2 N–H and O–H groups in total. The van der Waals surface area contributed by atoms with Gasteiger partial charge in [0, 0.05) is 34.6 Å². The second kappa shape index (κ2) is 10.6. The smallest absolute Gasteiger partial charge is 0.410 e. The number of carbonyl (C=O) groups excluding carboxylic acids is 1. The standard InChI is InChI=1S/C26H28ClN5O4/c1-2-35-26(34)31-13-9-21-22-15-18(27)5-8-23(22)30-24(21)25(31)17-3-6-20(7-4-17)36-14-10-19(33)16-32-28-11-12-29-32/h3-8,11-12,15,19,25,30,33H,2,9-10,13-14,16H2,1H3/t19?,25-/m0/s1. The third kappa shape index (κ3) is 5.03. The van der Waals surface area contributed by atoms with Gasteiger partial charge in [-0.05, 0) is 54.8 Å². The van der Waals surface area contributed by atoms with Crippen LogP contribution in [-0.2, 0) is 17.7 Å². The van der Waals surface area contributed by atoms with Crippen LogP contribution in [0.1, 0.15) is 36.2 Å². The van der Waals surface area contributed by atoms with Gasteiger partial charge in [0.15, 0.2) is 0 Å². The summed E-state index contributed by atoms with van der Waals surface area (Å²) in [5, 5.41) is 19.9. The zero-order valence-electron chi connectivity index (χ0n) is 19.9. The molecule has 1 amide bonds. The van der Waals surface area contributed by atoms with Crippen LogP contribution in [0.15, 0.2) is 54.9 Å². The number of hydrogen-bond donors (Lipinski definition) is 2. The molecule has 1 aliphatic heterocycles. The van der Waals surface area contributed by atoms with Gasteiger partial charge in [-0.3, -0.25) is 4.90 Å². The number of hydrogen-bond acceptors (Lipinski definition) is 6. The summed E-state index contributed by atoms with van der Waals surface area (Å²) in [6.45, 7) is 3.33. The minimum atomic E-state index is -0.606. The van der Waals surface area contributed by atoms with Crippen LogP contribution in [0.25, 0.3) is 10.9 Å². The molecule has 1 aliphatic rings. The molecule has 0 bridgehead atoms. The number of fused-ring (bicyclic) bond motifs is 3. The van der Waals surface area contributed by atoms with Gasteiger partial charge in [-0.2, -0.15) is 15.0 Å². The molecule has 3 heterocycles. The number of benzene rings is 2. The molecule has 0 saturated heterocycles. The molecule has 36 heavy (non-hydrogen) atoms. The molecule has 10 heteroatoms. The molecule has 0 fully saturated rings. The molecule has 188 valence electrons. The minimum absolute atomic E-state index is 0.312. The van der Waals surface area contributed by atoms with Crippen LogP contribution in [0, 0.1) is 0 Å². The molecule has 5 rings (SSSR count). The fourth-order valence-electron chi connectivity index (χ4n) is 4.69. The predicted octanol–water partition coefficient (Wildman–Crippen LogP) is 4.35. The zero-order valence-corrected chi connectivity index (χ0v) is 20.7. The average Bonchev–Trinajstić information content (AvgIpc) is 3.51. The Kier molecular flexibility index (Phi) is 7.11. The fourth-order valence-corrected chi connectivity index (χ4v) is 4.86. The van der Waals surface area contributed by atoms with E-state index in [0.717, 1.165) is 22.2 Å². The lowest BCUT2D eigenvalue weighted by Gasteiger charge is -2.35. The predicted molar refractivity (Wildman–Crippen MR) is 135 cm³/mol. The molecule has 1 unspecified atom stereocenters. The summed E-state index contributed by atoms with van der Waals surface area (Å²) >= 11 is 6.27. The quantitative estimate of drug-likeness (QED) is 0.366. The number of aromatic amines is 1. The fraction of sp³-hybridized carbons (Fsp3) is 0.346. The van der Waals surface area contributed by atoms with Gasteiger partial charge < -0.3 is 19.6 Å². The van der Waals surface area contributed by atoms with Crippen molar-refractivity contribution in [3.63, 3.8) is 0 Å². The maximum atomic E-state index is 12.9. The van der Waals surface area contributed by atoms with Crippen molar-refractivity contribution in [3.05, 3.63) is 76.7 Å². The van der Waals surface area contributed by atoms with Gasteiger partial charge in [-0.25, -0.2) is 4.79 Å². The Morgan fingerprint density at radius 3 is 2.75 bits per heavy atom. The maximum Gasteiger partial charge on any atom is 0.410 e. The van der Waals surface area contributed by atoms with Crippen LogP contribution in [0.5, 0.6) is 5.75 Å². The van der Waals surface area contributed by atoms with Crippen molar-refractivity contribution in [2.75, 3.05) is 19.8 Å². The number of aliphatic hydroxyl groups excluding tert-OH is 1. The van der Waals surface area contributed by atoms with E-state index >= 15 is 0 Å². The van der Waals surface area contributed by atoms with Gasteiger partial charge in [0.05, 0.1) is 38.3 Å². The van der Waals surface area contributed by atoms with E-state index in [1.807, 2.05) is 49.4 Å². The molecular formula is C26H28ClN5O4. The first-order valence-electron chi connectivity index (χ1n) is 12.0. The summed E-state index contributed by atoms with van der Waals surface area (Å²) in [4.78, 5) is 19.6. The molecule has 0 radical (unpaired) electrons. The van der Waals surface area contributed by atoms with Gasteiger partial charge in [-0.15, -0.1) is 0 Å². The lowest BCUT2D eigenvalue weighted by molar-refractivity contribution is 0.0932. The molecule has 0 spiro atoms. The second-order valence-electron chi connectivity index (χ2n) is 8.70. The summed E-state index contributed by atoms with van der Waals surface area (Å²) in [6, 6.07) is 13.2. The van der Waals surface area contributed by atoms with Crippen molar-refractivity contribution in [2.45, 2.75) is 38.5 Å². The van der Waals surface area contributed by atoms with Crippen LogP contribution in [-0.4, -0.2) is 61.9 Å². The second-order valence-corrected chi connectivity index (χ2v) is 9.13. The SMILES string of the molecule is CCOC(=O)N1CCc2c([nH]c3ccc(Cl)cc23)[C@@H]1c1ccc(OCCC(O)Cn2nccn2)cc1. The highest BCUT2D eigenvalue weighted by atomic mass is 35.5. The van der Waals surface area contributed by atoms with Crippen molar-refractivity contribution in [2.24, 2.45) is 0 Å². The Labute approximate surface area is 213 Å². The highest BCUT2D eigenvalue weighted by Crippen LogP contribution is 2.39. The molecule has 0 aliphatic carbocycles. The number of carbonyl (C=O) groups is 1. The number of nitrogens with zero attached hydrogens (tertiary/aromatic N) is 4. The first-order valence-corrected chi connectivity index (χ1v) is 12.4. The van der Waals surface area contributed by atoms with E-state index < -0.39 is 6.10 Å².